The highest BCUT2D eigenvalue weighted by atomic mass is 32.2. The second kappa shape index (κ2) is 8.89. The van der Waals surface area contributed by atoms with Crippen LogP contribution in [-0.4, -0.2) is 57.3 Å². The van der Waals surface area contributed by atoms with Crippen molar-refractivity contribution in [3.8, 4) is 0 Å². The lowest BCUT2D eigenvalue weighted by atomic mass is 10.3. The molecule has 0 bridgehead atoms. The van der Waals surface area contributed by atoms with E-state index in [0.717, 1.165) is 11.7 Å². The van der Waals surface area contributed by atoms with Gasteiger partial charge in [-0.05, 0) is 18.6 Å². The highest BCUT2D eigenvalue weighted by molar-refractivity contribution is 7.90. The lowest BCUT2D eigenvalue weighted by Gasteiger charge is -2.21. The Morgan fingerprint density at radius 2 is 2.42 bits per heavy atom. The van der Waals surface area contributed by atoms with Gasteiger partial charge in [-0.3, -0.25) is 4.99 Å². The van der Waals surface area contributed by atoms with Crippen molar-refractivity contribution in [2.75, 3.05) is 32.7 Å². The number of rotatable bonds is 8. The third-order valence-electron chi connectivity index (χ3n) is 3.83. The van der Waals surface area contributed by atoms with Crippen LogP contribution in [0.2, 0.25) is 0 Å². The van der Waals surface area contributed by atoms with Gasteiger partial charge in [0.05, 0.1) is 11.5 Å². The molecule has 0 aromatic carbocycles. The third kappa shape index (κ3) is 5.10. The van der Waals surface area contributed by atoms with Gasteiger partial charge >= 0.3 is 0 Å². The van der Waals surface area contributed by atoms with Crippen LogP contribution in [0.1, 0.15) is 19.1 Å². The van der Waals surface area contributed by atoms with Crippen molar-refractivity contribution in [1.29, 1.82) is 0 Å². The summed E-state index contributed by atoms with van der Waals surface area (Å²) < 4.78 is 32.2. The molecule has 1 aliphatic heterocycles. The van der Waals surface area contributed by atoms with Crippen molar-refractivity contribution in [2.45, 2.75) is 25.0 Å². The molecular formula is C16H26N4O3S. The lowest BCUT2D eigenvalue weighted by molar-refractivity contribution is 0.488. The Balaban J connectivity index is 1.98. The van der Waals surface area contributed by atoms with Crippen molar-refractivity contribution in [2.24, 2.45) is 4.99 Å². The van der Waals surface area contributed by atoms with E-state index in [4.69, 9.17) is 4.42 Å². The molecule has 8 heteroatoms. The number of nitrogens with one attached hydrogen (secondary N) is 2. The average molecular weight is 354 g/mol. The zero-order valence-electron chi connectivity index (χ0n) is 14.1. The number of hydrogen-bond donors (Lipinski definition) is 2. The smallest absolute Gasteiger partial charge is 0.216 e. The van der Waals surface area contributed by atoms with Crippen LogP contribution in [0.5, 0.6) is 0 Å². The first-order valence-electron chi connectivity index (χ1n) is 8.21. The van der Waals surface area contributed by atoms with Gasteiger partial charge in [0.1, 0.15) is 5.76 Å². The monoisotopic (exact) mass is 354 g/mol. The number of aliphatic imine (C=N–C) groups is 1. The Labute approximate surface area is 143 Å². The van der Waals surface area contributed by atoms with E-state index >= 15 is 0 Å². The van der Waals surface area contributed by atoms with E-state index in [1.165, 1.54) is 0 Å². The summed E-state index contributed by atoms with van der Waals surface area (Å²) in [7, 11) is -3.26. The number of hydrogen-bond acceptors (Lipinski definition) is 4. The molecule has 24 heavy (non-hydrogen) atoms. The molecule has 1 aliphatic rings. The molecule has 1 unspecified atom stereocenters. The molecule has 1 atom stereocenters. The van der Waals surface area contributed by atoms with Crippen LogP contribution >= 0.6 is 0 Å². The minimum absolute atomic E-state index is 0.404. The molecule has 2 N–H and O–H groups in total. The minimum Gasteiger partial charge on any atom is -0.469 e. The van der Waals surface area contributed by atoms with E-state index in [2.05, 4.69) is 21.6 Å². The summed E-state index contributed by atoms with van der Waals surface area (Å²) in [5, 5.41) is 2.80. The Morgan fingerprint density at radius 3 is 3.08 bits per heavy atom. The predicted octanol–water partition coefficient (Wildman–Crippen LogP) is 0.967. The van der Waals surface area contributed by atoms with E-state index in [1.54, 1.807) is 19.3 Å². The van der Waals surface area contributed by atoms with Crippen molar-refractivity contribution < 1.29 is 12.8 Å². The number of sulfonamides is 1. The van der Waals surface area contributed by atoms with Crippen LogP contribution in [0.4, 0.5) is 0 Å². The van der Waals surface area contributed by atoms with Crippen molar-refractivity contribution in [3.05, 3.63) is 36.8 Å². The third-order valence-corrected chi connectivity index (χ3v) is 5.79. The molecule has 2 rings (SSSR count). The molecule has 0 radical (unpaired) electrons. The van der Waals surface area contributed by atoms with E-state index in [1.807, 2.05) is 17.0 Å². The topological polar surface area (TPSA) is 86.9 Å². The average Bonchev–Trinajstić information content (AvgIpc) is 3.22. The van der Waals surface area contributed by atoms with Crippen molar-refractivity contribution in [3.63, 3.8) is 0 Å². The first-order valence-corrected chi connectivity index (χ1v) is 9.76. The van der Waals surface area contributed by atoms with Crippen LogP contribution in [0, 0.1) is 0 Å². The van der Waals surface area contributed by atoms with E-state index in [9.17, 15) is 8.42 Å². The molecule has 0 aliphatic carbocycles. The van der Waals surface area contributed by atoms with Crippen LogP contribution < -0.4 is 10.0 Å². The number of furan rings is 1. The molecule has 1 saturated heterocycles. The van der Waals surface area contributed by atoms with Gasteiger partial charge < -0.3 is 14.6 Å². The molecule has 1 aromatic heterocycles. The second-order valence-corrected chi connectivity index (χ2v) is 7.65. The molecule has 0 spiro atoms. The van der Waals surface area contributed by atoms with Crippen molar-refractivity contribution in [1.82, 2.24) is 14.9 Å². The van der Waals surface area contributed by atoms with E-state index in [0.29, 0.717) is 45.6 Å². The SMILES string of the molecule is C=CCNC(=NCCc1ccco1)N1CCC(S(=O)(=O)NCC)C1. The zero-order chi connectivity index (χ0) is 17.4. The largest absolute Gasteiger partial charge is 0.469 e. The Bertz CT molecular complexity index is 640. The number of nitrogens with zero attached hydrogens (tertiary/aromatic N) is 2. The maximum absolute atomic E-state index is 12.2. The zero-order valence-corrected chi connectivity index (χ0v) is 14.9. The summed E-state index contributed by atoms with van der Waals surface area (Å²) in [4.78, 5) is 6.58. The molecule has 7 nitrogen and oxygen atoms in total. The van der Waals surface area contributed by atoms with Gasteiger partial charge in [-0.1, -0.05) is 13.0 Å². The molecule has 2 heterocycles. The Hall–Kier alpha value is -1.80. The predicted molar refractivity (Wildman–Crippen MR) is 95.5 cm³/mol. The summed E-state index contributed by atoms with van der Waals surface area (Å²) in [5.41, 5.74) is 0. The maximum Gasteiger partial charge on any atom is 0.216 e. The standard InChI is InChI=1S/C16H26N4O3S/c1-3-9-17-16(18-10-7-14-6-5-12-23-14)20-11-8-15(13-20)24(21,22)19-4-2/h3,5-6,12,15,19H,1,4,7-11,13H2,2H3,(H,17,18). The van der Waals surface area contributed by atoms with Gasteiger partial charge in [0.15, 0.2) is 5.96 Å². The van der Waals surface area contributed by atoms with Gasteiger partial charge in [0.2, 0.25) is 10.0 Å². The van der Waals surface area contributed by atoms with Crippen molar-refractivity contribution >= 4 is 16.0 Å². The molecule has 1 aromatic rings. The second-order valence-electron chi connectivity index (χ2n) is 5.60. The summed E-state index contributed by atoms with van der Waals surface area (Å²) in [6.45, 7) is 8.18. The minimum atomic E-state index is -3.26. The van der Waals surface area contributed by atoms with Crippen LogP contribution in [0.15, 0.2) is 40.5 Å². The fourth-order valence-electron chi connectivity index (χ4n) is 2.65. The molecule has 0 amide bonds. The number of likely N-dealkylation sites (tertiary alicyclic amines) is 1. The normalized spacial score (nSPS) is 18.8. The molecule has 134 valence electrons. The summed E-state index contributed by atoms with van der Waals surface area (Å²) in [6, 6.07) is 3.77. The highest BCUT2D eigenvalue weighted by Crippen LogP contribution is 2.16. The van der Waals surface area contributed by atoms with E-state index < -0.39 is 15.3 Å². The fraction of sp³-hybridized carbons (Fsp3) is 0.562. The van der Waals surface area contributed by atoms with Gasteiger partial charge in [-0.15, -0.1) is 6.58 Å². The van der Waals surface area contributed by atoms with Crippen LogP contribution in [-0.2, 0) is 16.4 Å². The van der Waals surface area contributed by atoms with Gasteiger partial charge in [-0.2, -0.15) is 0 Å². The first kappa shape index (κ1) is 18.5. The molecular weight excluding hydrogens is 328 g/mol. The van der Waals surface area contributed by atoms with Gasteiger partial charge in [-0.25, -0.2) is 13.1 Å². The number of guanidine groups is 1. The lowest BCUT2D eigenvalue weighted by Crippen LogP contribution is -2.42. The van der Waals surface area contributed by atoms with Crippen LogP contribution in [0.25, 0.3) is 0 Å². The summed E-state index contributed by atoms with van der Waals surface area (Å²) >= 11 is 0. The van der Waals surface area contributed by atoms with Crippen LogP contribution in [0.3, 0.4) is 0 Å². The Morgan fingerprint density at radius 1 is 1.58 bits per heavy atom. The fourth-order valence-corrected chi connectivity index (χ4v) is 4.08. The molecule has 0 saturated carbocycles. The molecule has 1 fully saturated rings. The maximum atomic E-state index is 12.2. The summed E-state index contributed by atoms with van der Waals surface area (Å²) in [5.74, 6) is 1.60. The van der Waals surface area contributed by atoms with E-state index in [-0.39, 0.29) is 0 Å². The van der Waals surface area contributed by atoms with Gasteiger partial charge in [0.25, 0.3) is 0 Å². The summed E-state index contributed by atoms with van der Waals surface area (Å²) in [6.07, 6.45) is 4.71. The first-order chi connectivity index (χ1) is 11.6. The van der Waals surface area contributed by atoms with Gasteiger partial charge in [0, 0.05) is 39.1 Å². The quantitative estimate of drug-likeness (QED) is 0.413. The Kier molecular flexibility index (Phi) is 6.86. The highest BCUT2D eigenvalue weighted by Gasteiger charge is 2.33.